The van der Waals surface area contributed by atoms with Crippen LogP contribution in [0.1, 0.15) is 12.0 Å². The normalized spacial score (nSPS) is 11.9. The van der Waals surface area contributed by atoms with Gasteiger partial charge in [0.1, 0.15) is 0 Å². The quantitative estimate of drug-likeness (QED) is 0.362. The highest BCUT2D eigenvalue weighted by Gasteiger charge is 2.08. The molecular formula is C13H21ClN4O. The summed E-state index contributed by atoms with van der Waals surface area (Å²) >= 11 is 6.12. The maximum absolute atomic E-state index is 8.65. The van der Waals surface area contributed by atoms with Gasteiger partial charge in [-0.3, -0.25) is 0 Å². The topological polar surface area (TPSA) is 65.1 Å². The van der Waals surface area contributed by atoms with Crippen LogP contribution in [0.5, 0.6) is 0 Å². The van der Waals surface area contributed by atoms with E-state index in [0.717, 1.165) is 25.2 Å². The summed E-state index contributed by atoms with van der Waals surface area (Å²) in [5.74, 6) is 0.0202. The van der Waals surface area contributed by atoms with Crippen molar-refractivity contribution in [2.24, 2.45) is 10.9 Å². The molecule has 0 amide bonds. The highest BCUT2D eigenvalue weighted by molar-refractivity contribution is 6.34. The Kier molecular flexibility index (Phi) is 5.92. The van der Waals surface area contributed by atoms with Crippen molar-refractivity contribution in [2.45, 2.75) is 6.42 Å². The molecule has 106 valence electrons. The Morgan fingerprint density at radius 3 is 2.53 bits per heavy atom. The lowest BCUT2D eigenvalue weighted by Crippen LogP contribution is -2.23. The summed E-state index contributed by atoms with van der Waals surface area (Å²) in [6.07, 6.45) is 1.07. The van der Waals surface area contributed by atoms with Gasteiger partial charge in [-0.15, -0.1) is 0 Å². The van der Waals surface area contributed by atoms with Crippen LogP contribution >= 0.6 is 11.6 Å². The molecule has 0 aromatic heterocycles. The molecular weight excluding hydrogens is 264 g/mol. The number of benzene rings is 1. The molecule has 0 bridgehead atoms. The van der Waals surface area contributed by atoms with E-state index >= 15 is 0 Å². The van der Waals surface area contributed by atoms with E-state index < -0.39 is 0 Å². The predicted octanol–water partition coefficient (Wildman–Crippen LogP) is 1.82. The SMILES string of the molecule is CN(C)CCCN(C)c1ccc(C(N)=NO)c(Cl)c1. The van der Waals surface area contributed by atoms with Gasteiger partial charge in [0.25, 0.3) is 0 Å². The van der Waals surface area contributed by atoms with Gasteiger partial charge < -0.3 is 20.7 Å². The van der Waals surface area contributed by atoms with E-state index in [1.165, 1.54) is 0 Å². The summed E-state index contributed by atoms with van der Waals surface area (Å²) in [5.41, 5.74) is 7.08. The number of anilines is 1. The molecule has 1 aromatic rings. The lowest BCUT2D eigenvalue weighted by Gasteiger charge is -2.21. The summed E-state index contributed by atoms with van der Waals surface area (Å²) in [7, 11) is 6.13. The van der Waals surface area contributed by atoms with Crippen LogP contribution in [-0.2, 0) is 0 Å². The van der Waals surface area contributed by atoms with E-state index in [-0.39, 0.29) is 5.84 Å². The van der Waals surface area contributed by atoms with Crippen molar-refractivity contribution < 1.29 is 5.21 Å². The minimum absolute atomic E-state index is 0.0202. The third-order valence-corrected chi connectivity index (χ3v) is 3.19. The number of oxime groups is 1. The Morgan fingerprint density at radius 1 is 1.32 bits per heavy atom. The van der Waals surface area contributed by atoms with Crippen LogP contribution in [-0.4, -0.2) is 50.2 Å². The van der Waals surface area contributed by atoms with Crippen LogP contribution in [0, 0.1) is 0 Å². The standard InChI is InChI=1S/C13H21ClN4O/c1-17(2)7-4-8-18(3)10-5-6-11(12(14)9-10)13(15)16-19/h5-6,9,19H,4,7-8H2,1-3H3,(H2,15,16). The molecule has 0 unspecified atom stereocenters. The van der Waals surface area contributed by atoms with E-state index in [1.54, 1.807) is 6.07 Å². The van der Waals surface area contributed by atoms with Gasteiger partial charge in [0.2, 0.25) is 0 Å². The molecule has 1 rings (SSSR count). The first-order chi connectivity index (χ1) is 8.95. The molecule has 0 radical (unpaired) electrons. The minimum atomic E-state index is 0.0202. The Morgan fingerprint density at radius 2 is 2.00 bits per heavy atom. The largest absolute Gasteiger partial charge is 0.409 e. The van der Waals surface area contributed by atoms with Gasteiger partial charge in [0.15, 0.2) is 5.84 Å². The smallest absolute Gasteiger partial charge is 0.171 e. The second-order valence-electron chi connectivity index (χ2n) is 4.73. The maximum Gasteiger partial charge on any atom is 0.171 e. The van der Waals surface area contributed by atoms with Crippen molar-refractivity contribution in [1.82, 2.24) is 4.90 Å². The summed E-state index contributed by atoms with van der Waals surface area (Å²) < 4.78 is 0. The first kappa shape index (κ1) is 15.6. The van der Waals surface area contributed by atoms with E-state index in [1.807, 2.05) is 19.2 Å². The number of hydrogen-bond donors (Lipinski definition) is 2. The molecule has 0 aliphatic rings. The van der Waals surface area contributed by atoms with Crippen molar-refractivity contribution >= 4 is 23.1 Å². The lowest BCUT2D eigenvalue weighted by atomic mass is 10.1. The lowest BCUT2D eigenvalue weighted by molar-refractivity contribution is 0.318. The molecule has 0 saturated carbocycles. The fourth-order valence-electron chi connectivity index (χ4n) is 1.76. The number of amidine groups is 1. The van der Waals surface area contributed by atoms with E-state index in [9.17, 15) is 0 Å². The van der Waals surface area contributed by atoms with Crippen LogP contribution in [0.3, 0.4) is 0 Å². The Balaban J connectivity index is 2.72. The fraction of sp³-hybridized carbons (Fsp3) is 0.462. The van der Waals surface area contributed by atoms with E-state index in [0.29, 0.717) is 10.6 Å². The molecule has 0 fully saturated rings. The van der Waals surface area contributed by atoms with Crippen molar-refractivity contribution in [3.05, 3.63) is 28.8 Å². The third-order valence-electron chi connectivity index (χ3n) is 2.88. The van der Waals surface area contributed by atoms with Gasteiger partial charge in [0, 0.05) is 24.8 Å². The van der Waals surface area contributed by atoms with Crippen LogP contribution < -0.4 is 10.6 Å². The van der Waals surface area contributed by atoms with Gasteiger partial charge in [-0.05, 0) is 45.3 Å². The summed E-state index contributed by atoms with van der Waals surface area (Å²) in [5, 5.41) is 12.1. The van der Waals surface area contributed by atoms with Crippen molar-refractivity contribution in [3.8, 4) is 0 Å². The third kappa shape index (κ3) is 4.61. The zero-order valence-corrected chi connectivity index (χ0v) is 12.4. The summed E-state index contributed by atoms with van der Waals surface area (Å²) in [6.45, 7) is 1.98. The average molecular weight is 285 g/mol. The molecule has 0 aliphatic carbocycles. The number of nitrogens with zero attached hydrogens (tertiary/aromatic N) is 3. The predicted molar refractivity (Wildman–Crippen MR) is 80.4 cm³/mol. The second-order valence-corrected chi connectivity index (χ2v) is 5.13. The Labute approximate surface area is 119 Å². The highest BCUT2D eigenvalue weighted by atomic mass is 35.5. The van der Waals surface area contributed by atoms with Gasteiger partial charge in [-0.1, -0.05) is 16.8 Å². The number of hydrogen-bond acceptors (Lipinski definition) is 4. The van der Waals surface area contributed by atoms with Gasteiger partial charge in [0.05, 0.1) is 5.02 Å². The zero-order valence-electron chi connectivity index (χ0n) is 11.6. The van der Waals surface area contributed by atoms with E-state index in [4.69, 9.17) is 22.5 Å². The number of rotatable bonds is 6. The van der Waals surface area contributed by atoms with E-state index in [2.05, 4.69) is 29.1 Å². The molecule has 0 atom stereocenters. The molecule has 19 heavy (non-hydrogen) atoms. The van der Waals surface area contributed by atoms with Gasteiger partial charge in [-0.25, -0.2) is 0 Å². The van der Waals surface area contributed by atoms with Gasteiger partial charge in [-0.2, -0.15) is 0 Å². The minimum Gasteiger partial charge on any atom is -0.409 e. The van der Waals surface area contributed by atoms with Crippen LogP contribution in [0.4, 0.5) is 5.69 Å². The number of halogens is 1. The Hall–Kier alpha value is -1.46. The molecule has 0 heterocycles. The zero-order chi connectivity index (χ0) is 14.4. The van der Waals surface area contributed by atoms with Gasteiger partial charge >= 0.3 is 0 Å². The molecule has 6 heteroatoms. The van der Waals surface area contributed by atoms with Crippen LogP contribution in [0.25, 0.3) is 0 Å². The molecule has 1 aromatic carbocycles. The summed E-state index contributed by atoms with van der Waals surface area (Å²) in [4.78, 5) is 4.29. The molecule has 0 saturated heterocycles. The second kappa shape index (κ2) is 7.21. The molecule has 5 nitrogen and oxygen atoms in total. The first-order valence-corrected chi connectivity index (χ1v) is 6.46. The van der Waals surface area contributed by atoms with Crippen molar-refractivity contribution in [3.63, 3.8) is 0 Å². The fourth-order valence-corrected chi connectivity index (χ4v) is 2.03. The summed E-state index contributed by atoms with van der Waals surface area (Å²) in [6, 6.07) is 5.49. The molecule has 0 aliphatic heterocycles. The molecule has 3 N–H and O–H groups in total. The molecule has 0 spiro atoms. The first-order valence-electron chi connectivity index (χ1n) is 6.09. The number of nitrogens with two attached hydrogens (primary N) is 1. The maximum atomic E-state index is 8.65. The van der Waals surface area contributed by atoms with Crippen molar-refractivity contribution in [1.29, 1.82) is 0 Å². The Bertz CT molecular complexity index is 448. The highest BCUT2D eigenvalue weighted by Crippen LogP contribution is 2.23. The average Bonchev–Trinajstić information content (AvgIpc) is 2.37. The monoisotopic (exact) mass is 284 g/mol. The van der Waals surface area contributed by atoms with Crippen molar-refractivity contribution in [2.75, 3.05) is 39.1 Å². The van der Waals surface area contributed by atoms with Crippen LogP contribution in [0.15, 0.2) is 23.4 Å². The van der Waals surface area contributed by atoms with Crippen LogP contribution in [0.2, 0.25) is 5.02 Å².